The number of nitrogens with zero attached hydrogens (tertiary/aromatic N) is 3. The van der Waals surface area contributed by atoms with Crippen molar-refractivity contribution in [3.05, 3.63) is 74.0 Å². The number of aromatic nitrogens is 2. The monoisotopic (exact) mass is 442 g/mol. The predicted octanol–water partition coefficient (Wildman–Crippen LogP) is 5.67. The Morgan fingerprint density at radius 2 is 1.90 bits per heavy atom. The molecule has 0 spiro atoms. The number of nitrogens with one attached hydrogen (secondary N) is 1. The van der Waals surface area contributed by atoms with Crippen LogP contribution in [0, 0.1) is 37.8 Å². The zero-order valence-electron chi connectivity index (χ0n) is 17.9. The summed E-state index contributed by atoms with van der Waals surface area (Å²) in [6, 6.07) is 7.39. The topological polar surface area (TPSA) is 99.3 Å². The van der Waals surface area contributed by atoms with Gasteiger partial charge in [0.25, 0.3) is 5.69 Å². The zero-order valence-corrected chi connectivity index (χ0v) is 18.6. The molecule has 0 saturated heterocycles. The van der Waals surface area contributed by atoms with Gasteiger partial charge in [-0.25, -0.2) is 0 Å². The molecule has 8 nitrogen and oxygen atoms in total. The molecule has 1 amide bonds. The molecule has 0 saturated carbocycles. The highest BCUT2D eigenvalue weighted by molar-refractivity contribution is 6.31. The number of non-ortho nitro benzene ring substituents is 1. The lowest BCUT2D eigenvalue weighted by molar-refractivity contribution is -0.384. The SMILES string of the molecule is Cc1cc(C)c(C)c(Oc2cc(NC(=O)[C@@H](C)n3cc(Cl)c(C)n3)cc([N+](=O)[O-])c2)c1. The Morgan fingerprint density at radius 3 is 2.52 bits per heavy atom. The summed E-state index contributed by atoms with van der Waals surface area (Å²) in [5.74, 6) is 0.460. The number of benzene rings is 2. The molecule has 9 heteroatoms. The summed E-state index contributed by atoms with van der Waals surface area (Å²) in [6.07, 6.45) is 1.56. The molecule has 162 valence electrons. The van der Waals surface area contributed by atoms with Crippen LogP contribution in [0.25, 0.3) is 0 Å². The standard InChI is InChI=1S/C22H23ClN4O4/c1-12-6-13(2)14(3)21(7-12)31-19-9-17(8-18(10-19)27(29)30)24-22(28)16(5)26-11-20(23)15(4)25-26/h6-11,16H,1-5H3,(H,24,28)/t16-/m1/s1. The third-order valence-corrected chi connectivity index (χ3v) is 5.37. The maximum Gasteiger partial charge on any atom is 0.275 e. The highest BCUT2D eigenvalue weighted by Crippen LogP contribution is 2.33. The van der Waals surface area contributed by atoms with Gasteiger partial charge in [0, 0.05) is 18.3 Å². The lowest BCUT2D eigenvalue weighted by Crippen LogP contribution is -2.24. The number of rotatable bonds is 6. The van der Waals surface area contributed by atoms with Crippen molar-refractivity contribution in [3.8, 4) is 11.5 Å². The summed E-state index contributed by atoms with van der Waals surface area (Å²) in [5, 5.41) is 18.8. The normalized spacial score (nSPS) is 11.8. The Balaban J connectivity index is 1.90. The fourth-order valence-corrected chi connectivity index (χ4v) is 3.22. The van der Waals surface area contributed by atoms with Gasteiger partial charge in [0.05, 0.1) is 27.4 Å². The van der Waals surface area contributed by atoms with Crippen molar-refractivity contribution in [1.29, 1.82) is 0 Å². The lowest BCUT2D eigenvalue weighted by Gasteiger charge is -2.15. The molecule has 0 bridgehead atoms. The number of ether oxygens (including phenoxy) is 1. The average Bonchev–Trinajstić information content (AvgIpc) is 3.03. The Labute approximate surface area is 184 Å². The molecule has 0 aliphatic carbocycles. The molecule has 0 radical (unpaired) electrons. The number of hydrogen-bond acceptors (Lipinski definition) is 5. The smallest absolute Gasteiger partial charge is 0.275 e. The Hall–Kier alpha value is -3.39. The molecule has 31 heavy (non-hydrogen) atoms. The quantitative estimate of drug-likeness (QED) is 0.391. The molecular formula is C22H23ClN4O4. The molecule has 1 heterocycles. The minimum atomic E-state index is -0.670. The second-order valence-corrected chi connectivity index (χ2v) is 7.89. The van der Waals surface area contributed by atoms with Gasteiger partial charge >= 0.3 is 0 Å². The maximum atomic E-state index is 12.7. The predicted molar refractivity (Wildman–Crippen MR) is 119 cm³/mol. The first kappa shape index (κ1) is 22.3. The van der Waals surface area contributed by atoms with E-state index in [1.54, 1.807) is 26.1 Å². The molecule has 1 atom stereocenters. The average molecular weight is 443 g/mol. The minimum Gasteiger partial charge on any atom is -0.457 e. The third kappa shape index (κ3) is 5.03. The van der Waals surface area contributed by atoms with Gasteiger partial charge in [-0.2, -0.15) is 5.10 Å². The van der Waals surface area contributed by atoms with Crippen molar-refractivity contribution >= 4 is 28.9 Å². The van der Waals surface area contributed by atoms with Crippen LogP contribution in [0.5, 0.6) is 11.5 Å². The first-order valence-electron chi connectivity index (χ1n) is 9.62. The van der Waals surface area contributed by atoms with Crippen LogP contribution in [-0.4, -0.2) is 20.6 Å². The largest absolute Gasteiger partial charge is 0.457 e. The highest BCUT2D eigenvalue weighted by atomic mass is 35.5. The molecule has 1 N–H and O–H groups in total. The van der Waals surface area contributed by atoms with Crippen molar-refractivity contribution in [3.63, 3.8) is 0 Å². The van der Waals surface area contributed by atoms with Crippen molar-refractivity contribution in [2.24, 2.45) is 0 Å². The number of aryl methyl sites for hydroxylation is 3. The van der Waals surface area contributed by atoms with Crippen molar-refractivity contribution in [2.75, 3.05) is 5.32 Å². The number of anilines is 1. The van der Waals surface area contributed by atoms with Crippen molar-refractivity contribution in [1.82, 2.24) is 9.78 Å². The molecule has 2 aromatic carbocycles. The van der Waals surface area contributed by atoms with Crippen LogP contribution >= 0.6 is 11.6 Å². The molecule has 1 aromatic heterocycles. The van der Waals surface area contributed by atoms with Gasteiger partial charge in [-0.3, -0.25) is 19.6 Å². The van der Waals surface area contributed by atoms with E-state index in [9.17, 15) is 14.9 Å². The summed E-state index contributed by atoms with van der Waals surface area (Å²) in [5.41, 5.74) is 3.66. The first-order chi connectivity index (χ1) is 14.5. The highest BCUT2D eigenvalue weighted by Gasteiger charge is 2.20. The number of halogens is 1. The fraction of sp³-hybridized carbons (Fsp3) is 0.273. The summed E-state index contributed by atoms with van der Waals surface area (Å²) in [7, 11) is 0. The summed E-state index contributed by atoms with van der Waals surface area (Å²) < 4.78 is 7.40. The van der Waals surface area contributed by atoms with E-state index in [0.29, 0.717) is 16.5 Å². The first-order valence-corrected chi connectivity index (χ1v) is 10.00. The lowest BCUT2D eigenvalue weighted by atomic mass is 10.1. The van der Waals surface area contributed by atoms with E-state index in [1.807, 2.05) is 32.9 Å². The molecule has 3 rings (SSSR count). The molecule has 0 unspecified atom stereocenters. The van der Waals surface area contributed by atoms with Gasteiger partial charge in [0.1, 0.15) is 17.5 Å². The van der Waals surface area contributed by atoms with Gasteiger partial charge in [0.2, 0.25) is 5.91 Å². The van der Waals surface area contributed by atoms with Gasteiger partial charge < -0.3 is 10.1 Å². The van der Waals surface area contributed by atoms with Crippen LogP contribution in [-0.2, 0) is 4.79 Å². The van der Waals surface area contributed by atoms with Crippen LogP contribution in [0.15, 0.2) is 36.5 Å². The number of carbonyl (C=O) groups is 1. The summed E-state index contributed by atoms with van der Waals surface area (Å²) in [6.45, 7) is 9.24. The number of carbonyl (C=O) groups excluding carboxylic acids is 1. The Kier molecular flexibility index (Phi) is 6.31. The second-order valence-electron chi connectivity index (χ2n) is 7.49. The van der Waals surface area contributed by atoms with E-state index < -0.39 is 16.9 Å². The van der Waals surface area contributed by atoms with E-state index in [0.717, 1.165) is 16.7 Å². The van der Waals surface area contributed by atoms with E-state index in [2.05, 4.69) is 10.4 Å². The fourth-order valence-electron chi connectivity index (χ4n) is 3.08. The molecule has 0 aliphatic rings. The number of nitro benzene ring substituents is 1. The van der Waals surface area contributed by atoms with Crippen molar-refractivity contribution < 1.29 is 14.5 Å². The molecule has 0 fully saturated rings. The van der Waals surface area contributed by atoms with Crippen LogP contribution in [0.1, 0.15) is 35.3 Å². The van der Waals surface area contributed by atoms with Gasteiger partial charge in [0.15, 0.2) is 0 Å². The van der Waals surface area contributed by atoms with Crippen LogP contribution in [0.3, 0.4) is 0 Å². The minimum absolute atomic E-state index is 0.194. The third-order valence-electron chi connectivity index (χ3n) is 4.99. The van der Waals surface area contributed by atoms with Gasteiger partial charge in [-0.15, -0.1) is 0 Å². The summed E-state index contributed by atoms with van der Waals surface area (Å²) in [4.78, 5) is 23.6. The number of nitro groups is 1. The Bertz CT molecular complexity index is 1150. The maximum absolute atomic E-state index is 12.7. The summed E-state index contributed by atoms with van der Waals surface area (Å²) >= 11 is 6.02. The molecule has 0 aliphatic heterocycles. The van der Waals surface area contributed by atoms with Gasteiger partial charge in [-0.1, -0.05) is 17.7 Å². The van der Waals surface area contributed by atoms with Crippen LogP contribution in [0.2, 0.25) is 5.02 Å². The van der Waals surface area contributed by atoms with Crippen molar-refractivity contribution in [2.45, 2.75) is 40.7 Å². The van der Waals surface area contributed by atoms with E-state index in [4.69, 9.17) is 16.3 Å². The molecular weight excluding hydrogens is 420 g/mol. The van der Waals surface area contributed by atoms with E-state index in [1.165, 1.54) is 16.8 Å². The molecule has 3 aromatic rings. The zero-order chi connectivity index (χ0) is 22.9. The van der Waals surface area contributed by atoms with Crippen LogP contribution < -0.4 is 10.1 Å². The number of hydrogen-bond donors (Lipinski definition) is 1. The van der Waals surface area contributed by atoms with Gasteiger partial charge in [-0.05, 0) is 57.4 Å². The van der Waals surface area contributed by atoms with E-state index >= 15 is 0 Å². The van der Waals surface area contributed by atoms with Crippen LogP contribution in [0.4, 0.5) is 11.4 Å². The number of amides is 1. The second kappa shape index (κ2) is 8.77. The van der Waals surface area contributed by atoms with E-state index in [-0.39, 0.29) is 17.1 Å². The Morgan fingerprint density at radius 1 is 1.19 bits per heavy atom.